The van der Waals surface area contributed by atoms with Gasteiger partial charge < -0.3 is 10.6 Å². The Hall–Kier alpha value is -3.42. The monoisotopic (exact) mass is 424 g/mol. The Kier molecular flexibility index (Phi) is 6.43. The Bertz CT molecular complexity index is 1100. The van der Waals surface area contributed by atoms with Crippen LogP contribution >= 0.6 is 23.7 Å². The number of thiophene rings is 1. The molecule has 29 heavy (non-hydrogen) atoms. The molecule has 2 aromatic carbocycles. The van der Waals surface area contributed by atoms with E-state index in [1.807, 2.05) is 53.9 Å². The molecule has 0 radical (unpaired) electrons. The van der Waals surface area contributed by atoms with Crippen LogP contribution in [0.15, 0.2) is 84.4 Å². The van der Waals surface area contributed by atoms with Crippen molar-refractivity contribution < 1.29 is 9.59 Å². The number of carbonyl (C=O) groups excluding carboxylic acids is 2. The molecular weight excluding hydrogens is 408 g/mol. The number of hydrogen-bond donors (Lipinski definition) is 2. The summed E-state index contributed by atoms with van der Waals surface area (Å²) in [5, 5.41) is 11.8. The molecule has 4 rings (SSSR count). The molecule has 2 amide bonds. The van der Waals surface area contributed by atoms with E-state index in [1.54, 1.807) is 28.9 Å². The minimum atomic E-state index is -0.352. The van der Waals surface area contributed by atoms with Crippen molar-refractivity contribution in [1.82, 2.24) is 9.78 Å². The van der Waals surface area contributed by atoms with Crippen LogP contribution in [0.4, 0.5) is 11.5 Å². The van der Waals surface area contributed by atoms with Crippen LogP contribution in [-0.4, -0.2) is 21.6 Å². The number of halogens is 1. The van der Waals surface area contributed by atoms with E-state index in [9.17, 15) is 9.59 Å². The molecule has 0 saturated carbocycles. The molecule has 2 N–H and O–H groups in total. The lowest BCUT2D eigenvalue weighted by Gasteiger charge is -2.11. The minimum Gasteiger partial charge on any atom is -0.322 e. The Morgan fingerprint density at radius 1 is 0.828 bits per heavy atom. The number of anilines is 2. The van der Waals surface area contributed by atoms with Gasteiger partial charge in [0.05, 0.1) is 16.8 Å². The first-order valence-corrected chi connectivity index (χ1v) is 9.45. The van der Waals surface area contributed by atoms with Crippen LogP contribution in [0.2, 0.25) is 0 Å². The molecule has 0 bridgehead atoms. The highest BCUT2D eigenvalue weighted by Crippen LogP contribution is 2.23. The number of benzene rings is 2. The lowest BCUT2D eigenvalue weighted by Crippen LogP contribution is -2.19. The predicted octanol–water partition coefficient (Wildman–Crippen LogP) is 4.86. The molecule has 6 nitrogen and oxygen atoms in total. The fourth-order valence-electron chi connectivity index (χ4n) is 2.70. The van der Waals surface area contributed by atoms with Crippen LogP contribution in [0, 0.1) is 0 Å². The highest BCUT2D eigenvalue weighted by Gasteiger charge is 2.21. The van der Waals surface area contributed by atoms with Crippen molar-refractivity contribution in [2.45, 2.75) is 0 Å². The number of nitrogens with one attached hydrogen (secondary N) is 2. The third-order valence-corrected chi connectivity index (χ3v) is 4.89. The summed E-state index contributed by atoms with van der Waals surface area (Å²) in [6.07, 6.45) is 1.45. The summed E-state index contributed by atoms with van der Waals surface area (Å²) in [5.74, 6) is -0.325. The molecule has 0 aliphatic rings. The number of para-hydroxylation sites is 2. The number of carbonyl (C=O) groups is 2. The lowest BCUT2D eigenvalue weighted by molar-refractivity contribution is 0.102. The molecule has 0 unspecified atom stereocenters. The van der Waals surface area contributed by atoms with Crippen molar-refractivity contribution in [2.24, 2.45) is 0 Å². The van der Waals surface area contributed by atoms with Crippen LogP contribution in [0.3, 0.4) is 0 Å². The second-order valence-corrected chi connectivity index (χ2v) is 6.85. The zero-order valence-electron chi connectivity index (χ0n) is 15.1. The number of hydrogen-bond acceptors (Lipinski definition) is 4. The molecule has 0 spiro atoms. The standard InChI is InChI=1S/C21H16N4O2S.ClH/c26-20(23-15-8-3-1-4-9-15)17-14-22-25(16-10-5-2-6-11-16)19(17)24-21(27)18-12-7-13-28-18;/h1-14H,(H,23,26)(H,24,27);1H. The molecule has 2 heterocycles. The van der Waals surface area contributed by atoms with Crippen LogP contribution in [-0.2, 0) is 0 Å². The molecule has 0 aliphatic carbocycles. The van der Waals surface area contributed by atoms with Gasteiger partial charge in [-0.1, -0.05) is 42.5 Å². The first-order chi connectivity index (χ1) is 13.7. The van der Waals surface area contributed by atoms with Gasteiger partial charge in [-0.2, -0.15) is 5.10 Å². The van der Waals surface area contributed by atoms with E-state index >= 15 is 0 Å². The van der Waals surface area contributed by atoms with Crippen molar-refractivity contribution in [3.63, 3.8) is 0 Å². The minimum absolute atomic E-state index is 0. The molecular formula is C21H17ClN4O2S. The largest absolute Gasteiger partial charge is 0.322 e. The molecule has 146 valence electrons. The number of aromatic nitrogens is 2. The highest BCUT2D eigenvalue weighted by atomic mass is 35.5. The van der Waals surface area contributed by atoms with E-state index in [0.717, 1.165) is 5.69 Å². The van der Waals surface area contributed by atoms with E-state index in [0.29, 0.717) is 16.4 Å². The second-order valence-electron chi connectivity index (χ2n) is 5.91. The average molecular weight is 425 g/mol. The third kappa shape index (κ3) is 4.53. The van der Waals surface area contributed by atoms with Crippen LogP contribution in [0.25, 0.3) is 5.69 Å². The Morgan fingerprint density at radius 2 is 1.52 bits per heavy atom. The molecule has 0 saturated heterocycles. The number of amides is 2. The summed E-state index contributed by atoms with van der Waals surface area (Å²) in [6, 6.07) is 22.0. The summed E-state index contributed by atoms with van der Waals surface area (Å²) in [4.78, 5) is 26.0. The second kappa shape index (κ2) is 9.18. The SMILES string of the molecule is Cl.O=C(Nc1c(C(=O)Nc2ccccc2)cnn1-c1ccccc1)c1cccs1. The maximum Gasteiger partial charge on any atom is 0.266 e. The van der Waals surface area contributed by atoms with E-state index in [4.69, 9.17) is 0 Å². The van der Waals surface area contributed by atoms with Gasteiger partial charge in [0.25, 0.3) is 11.8 Å². The maximum absolute atomic E-state index is 12.8. The summed E-state index contributed by atoms with van der Waals surface area (Å²) in [6.45, 7) is 0. The summed E-state index contributed by atoms with van der Waals surface area (Å²) >= 11 is 1.33. The van der Waals surface area contributed by atoms with Gasteiger partial charge in [-0.3, -0.25) is 9.59 Å². The number of nitrogens with zero attached hydrogens (tertiary/aromatic N) is 2. The molecule has 0 atom stereocenters. The zero-order valence-corrected chi connectivity index (χ0v) is 16.7. The molecule has 0 fully saturated rings. The van der Waals surface area contributed by atoms with Gasteiger partial charge in [-0.05, 0) is 35.7 Å². The average Bonchev–Trinajstić information content (AvgIpc) is 3.40. The van der Waals surface area contributed by atoms with E-state index in [2.05, 4.69) is 15.7 Å². The smallest absolute Gasteiger partial charge is 0.266 e. The number of rotatable bonds is 5. The predicted molar refractivity (Wildman–Crippen MR) is 117 cm³/mol. The maximum atomic E-state index is 12.8. The van der Waals surface area contributed by atoms with Crippen LogP contribution < -0.4 is 10.6 Å². The fourth-order valence-corrected chi connectivity index (χ4v) is 3.32. The van der Waals surface area contributed by atoms with E-state index < -0.39 is 0 Å². The van der Waals surface area contributed by atoms with Crippen LogP contribution in [0.1, 0.15) is 20.0 Å². The third-order valence-electron chi connectivity index (χ3n) is 4.02. The Morgan fingerprint density at radius 3 is 2.17 bits per heavy atom. The van der Waals surface area contributed by atoms with Gasteiger partial charge in [0.2, 0.25) is 0 Å². The Labute approximate surface area is 177 Å². The topological polar surface area (TPSA) is 76.0 Å². The molecule has 4 aromatic rings. The van der Waals surface area contributed by atoms with Crippen molar-refractivity contribution in [3.8, 4) is 5.69 Å². The van der Waals surface area contributed by atoms with Gasteiger partial charge in [0.1, 0.15) is 11.4 Å². The van der Waals surface area contributed by atoms with Gasteiger partial charge in [-0.15, -0.1) is 23.7 Å². The van der Waals surface area contributed by atoms with E-state index in [-0.39, 0.29) is 29.8 Å². The first-order valence-electron chi connectivity index (χ1n) is 8.57. The van der Waals surface area contributed by atoms with Crippen molar-refractivity contribution in [1.29, 1.82) is 0 Å². The lowest BCUT2D eigenvalue weighted by atomic mass is 10.2. The van der Waals surface area contributed by atoms with E-state index in [1.165, 1.54) is 17.5 Å². The first kappa shape index (κ1) is 20.3. The highest BCUT2D eigenvalue weighted by molar-refractivity contribution is 7.12. The van der Waals surface area contributed by atoms with Gasteiger partial charge in [0.15, 0.2) is 0 Å². The van der Waals surface area contributed by atoms with Crippen molar-refractivity contribution in [2.75, 3.05) is 10.6 Å². The van der Waals surface area contributed by atoms with Crippen molar-refractivity contribution in [3.05, 3.63) is 94.8 Å². The quantitative estimate of drug-likeness (QED) is 0.480. The Balaban J connectivity index is 0.00000240. The molecule has 2 aromatic heterocycles. The summed E-state index contributed by atoms with van der Waals surface area (Å²) < 4.78 is 1.55. The summed E-state index contributed by atoms with van der Waals surface area (Å²) in [5.41, 5.74) is 1.68. The van der Waals surface area contributed by atoms with Gasteiger partial charge in [0, 0.05) is 5.69 Å². The van der Waals surface area contributed by atoms with Crippen molar-refractivity contribution >= 4 is 47.1 Å². The summed E-state index contributed by atoms with van der Waals surface area (Å²) in [7, 11) is 0. The zero-order chi connectivity index (χ0) is 19.3. The van der Waals surface area contributed by atoms with Crippen LogP contribution in [0.5, 0.6) is 0 Å². The van der Waals surface area contributed by atoms with Gasteiger partial charge >= 0.3 is 0 Å². The molecule has 0 aliphatic heterocycles. The van der Waals surface area contributed by atoms with Gasteiger partial charge in [-0.25, -0.2) is 4.68 Å². The normalized spacial score (nSPS) is 10.1. The fraction of sp³-hybridized carbons (Fsp3) is 0. The molecule has 8 heteroatoms.